The van der Waals surface area contributed by atoms with Crippen molar-refractivity contribution in [2.45, 2.75) is 45.6 Å². The number of fused-ring (bicyclic) bond motifs is 3. The van der Waals surface area contributed by atoms with E-state index in [1.165, 1.54) is 11.1 Å². The number of nitrogens with zero attached hydrogens (tertiary/aromatic N) is 4. The smallest absolute Gasteiger partial charge is 0.177 e. The van der Waals surface area contributed by atoms with Crippen LogP contribution in [0, 0.1) is 13.8 Å². The predicted molar refractivity (Wildman–Crippen MR) is 124 cm³/mol. The van der Waals surface area contributed by atoms with Crippen LogP contribution >= 0.6 is 0 Å². The van der Waals surface area contributed by atoms with Crippen LogP contribution in [0.5, 0.6) is 0 Å². The molecule has 4 aromatic rings. The largest absolute Gasteiger partial charge is 0.379 e. The molecule has 1 aromatic carbocycles. The van der Waals surface area contributed by atoms with Crippen LogP contribution in [0.25, 0.3) is 22.5 Å². The highest BCUT2D eigenvalue weighted by atomic mass is 15.3. The second-order valence-electron chi connectivity index (χ2n) is 8.83. The van der Waals surface area contributed by atoms with Crippen molar-refractivity contribution in [1.29, 1.82) is 0 Å². The molecule has 154 valence electrons. The molecule has 1 N–H and O–H groups in total. The number of anilines is 1. The lowest BCUT2D eigenvalue weighted by Gasteiger charge is -2.26. The molecule has 0 bridgehead atoms. The number of allylic oxidation sites excluding steroid dienone is 1. The average molecular weight is 408 g/mol. The first-order valence-electron chi connectivity index (χ1n) is 11.0. The molecule has 1 atom stereocenters. The number of nitrogens with one attached hydrogen (secondary N) is 1. The Morgan fingerprint density at radius 1 is 1.06 bits per heavy atom. The van der Waals surface area contributed by atoms with Crippen molar-refractivity contribution >= 4 is 16.9 Å². The third-order valence-corrected chi connectivity index (χ3v) is 6.59. The highest BCUT2D eigenvalue weighted by molar-refractivity contribution is 5.79. The van der Waals surface area contributed by atoms with Crippen LogP contribution in [-0.2, 0) is 6.42 Å². The Kier molecular flexibility index (Phi) is 4.16. The molecule has 0 amide bonds. The maximum atomic E-state index is 4.85. The van der Waals surface area contributed by atoms with E-state index in [4.69, 9.17) is 5.10 Å². The molecule has 5 heteroatoms. The number of rotatable bonds is 3. The average Bonchev–Trinajstić information content (AvgIpc) is 3.34. The molecule has 0 radical (unpaired) electrons. The summed E-state index contributed by atoms with van der Waals surface area (Å²) in [5.74, 6) is 0. The summed E-state index contributed by atoms with van der Waals surface area (Å²) in [5.41, 5.74) is 12.1. The quantitative estimate of drug-likeness (QED) is 0.495. The number of hydrogen-bond donors (Lipinski definition) is 1. The van der Waals surface area contributed by atoms with Crippen LogP contribution in [0.1, 0.15) is 41.6 Å². The lowest BCUT2D eigenvalue weighted by molar-refractivity contribution is 0.635. The Bertz CT molecular complexity index is 1350. The maximum Gasteiger partial charge on any atom is 0.177 e. The van der Waals surface area contributed by atoms with Gasteiger partial charge in [-0.3, -0.25) is 4.98 Å². The second kappa shape index (κ2) is 7.05. The van der Waals surface area contributed by atoms with Gasteiger partial charge in [-0.15, -0.1) is 0 Å². The molecule has 0 fully saturated rings. The van der Waals surface area contributed by atoms with Gasteiger partial charge in [0.15, 0.2) is 5.65 Å². The van der Waals surface area contributed by atoms with E-state index in [-0.39, 0.29) is 0 Å². The normalized spacial score (nSPS) is 17.7. The van der Waals surface area contributed by atoms with Crippen molar-refractivity contribution in [3.05, 3.63) is 82.9 Å². The van der Waals surface area contributed by atoms with Crippen LogP contribution in [-0.4, -0.2) is 25.6 Å². The zero-order valence-corrected chi connectivity index (χ0v) is 17.9. The van der Waals surface area contributed by atoms with Crippen molar-refractivity contribution in [3.63, 3.8) is 0 Å². The van der Waals surface area contributed by atoms with Gasteiger partial charge in [0.05, 0.1) is 23.3 Å². The summed E-state index contributed by atoms with van der Waals surface area (Å²) >= 11 is 0. The van der Waals surface area contributed by atoms with E-state index in [1.807, 2.05) is 30.0 Å². The van der Waals surface area contributed by atoms with E-state index in [9.17, 15) is 0 Å². The van der Waals surface area contributed by atoms with Gasteiger partial charge in [-0.25, -0.2) is 9.50 Å². The van der Waals surface area contributed by atoms with Gasteiger partial charge in [-0.1, -0.05) is 29.8 Å². The standard InChI is InChI=1S/C26H25N5/c1-16-9-20(15-27-13-16)24-12-25(26-28-14-17(2)31(26)30-24)29-21-8-7-19-10-18-5-3-4-6-22(18)23(19)11-21/h3-6,9,12-15,21,29H,7-8,10-11H2,1-2H3. The highest BCUT2D eigenvalue weighted by Crippen LogP contribution is 2.42. The topological polar surface area (TPSA) is 55.1 Å². The monoisotopic (exact) mass is 407 g/mol. The van der Waals surface area contributed by atoms with E-state index in [0.29, 0.717) is 6.04 Å². The summed E-state index contributed by atoms with van der Waals surface area (Å²) in [5, 5.41) is 8.68. The molecular weight excluding hydrogens is 382 g/mol. The summed E-state index contributed by atoms with van der Waals surface area (Å²) in [4.78, 5) is 9.01. The van der Waals surface area contributed by atoms with Crippen LogP contribution in [0.3, 0.4) is 0 Å². The Labute approximate surface area is 181 Å². The summed E-state index contributed by atoms with van der Waals surface area (Å²) < 4.78 is 1.94. The van der Waals surface area contributed by atoms with Crippen molar-refractivity contribution < 1.29 is 0 Å². The van der Waals surface area contributed by atoms with Crippen molar-refractivity contribution in [3.8, 4) is 11.3 Å². The van der Waals surface area contributed by atoms with Gasteiger partial charge in [0.25, 0.3) is 0 Å². The molecule has 0 aliphatic heterocycles. The zero-order valence-electron chi connectivity index (χ0n) is 17.9. The molecule has 2 aliphatic rings. The molecule has 5 nitrogen and oxygen atoms in total. The number of aryl methyl sites for hydroxylation is 2. The second-order valence-corrected chi connectivity index (χ2v) is 8.83. The van der Waals surface area contributed by atoms with E-state index in [2.05, 4.69) is 58.6 Å². The minimum Gasteiger partial charge on any atom is -0.379 e. The van der Waals surface area contributed by atoms with Crippen LogP contribution in [0.2, 0.25) is 0 Å². The highest BCUT2D eigenvalue weighted by Gasteiger charge is 2.28. The van der Waals surface area contributed by atoms with Crippen LogP contribution < -0.4 is 5.32 Å². The van der Waals surface area contributed by atoms with E-state index in [0.717, 1.165) is 59.5 Å². The molecule has 0 saturated heterocycles. The van der Waals surface area contributed by atoms with Crippen LogP contribution in [0.4, 0.5) is 5.69 Å². The van der Waals surface area contributed by atoms with Crippen molar-refractivity contribution in [2.24, 2.45) is 0 Å². The molecule has 3 aromatic heterocycles. The van der Waals surface area contributed by atoms with E-state index in [1.54, 1.807) is 11.1 Å². The fraction of sp³-hybridized carbons (Fsp3) is 0.269. The number of hydrogen-bond acceptors (Lipinski definition) is 4. The lowest BCUT2D eigenvalue weighted by Crippen LogP contribution is -2.23. The maximum absolute atomic E-state index is 4.85. The zero-order chi connectivity index (χ0) is 20.9. The fourth-order valence-corrected chi connectivity index (χ4v) is 5.05. The number of aromatic nitrogens is 4. The van der Waals surface area contributed by atoms with Gasteiger partial charge in [0.1, 0.15) is 0 Å². The third kappa shape index (κ3) is 3.12. The molecule has 1 unspecified atom stereocenters. The summed E-state index contributed by atoms with van der Waals surface area (Å²) in [6, 6.07) is 13.5. The van der Waals surface area contributed by atoms with E-state index < -0.39 is 0 Å². The van der Waals surface area contributed by atoms with Gasteiger partial charge in [-0.05, 0) is 73.9 Å². The van der Waals surface area contributed by atoms with Gasteiger partial charge >= 0.3 is 0 Å². The first kappa shape index (κ1) is 18.3. The molecule has 0 saturated carbocycles. The van der Waals surface area contributed by atoms with Crippen molar-refractivity contribution in [1.82, 2.24) is 19.6 Å². The summed E-state index contributed by atoms with van der Waals surface area (Å²) in [6.45, 7) is 4.10. The predicted octanol–water partition coefficient (Wildman–Crippen LogP) is 5.38. The molecule has 31 heavy (non-hydrogen) atoms. The van der Waals surface area contributed by atoms with E-state index >= 15 is 0 Å². The Morgan fingerprint density at radius 3 is 2.87 bits per heavy atom. The molecular formula is C26H25N5. The van der Waals surface area contributed by atoms with Crippen molar-refractivity contribution in [2.75, 3.05) is 5.32 Å². The Hall–Kier alpha value is -3.47. The minimum atomic E-state index is 0.386. The SMILES string of the molecule is Cc1cncc(-c2cc(NC3CCC4=C(C3)c3ccccc3C4)c3ncc(C)n3n2)c1. The molecule has 6 rings (SSSR count). The number of pyridine rings is 1. The van der Waals surface area contributed by atoms with Gasteiger partial charge < -0.3 is 5.32 Å². The summed E-state index contributed by atoms with van der Waals surface area (Å²) in [7, 11) is 0. The first-order valence-corrected chi connectivity index (χ1v) is 11.0. The fourth-order valence-electron chi connectivity index (χ4n) is 5.05. The summed E-state index contributed by atoms with van der Waals surface area (Å²) in [6.07, 6.45) is 10.1. The molecule has 2 aliphatic carbocycles. The van der Waals surface area contributed by atoms with Gasteiger partial charge in [0.2, 0.25) is 0 Å². The molecule has 0 spiro atoms. The third-order valence-electron chi connectivity index (χ3n) is 6.59. The molecule has 3 heterocycles. The number of imidazole rings is 1. The lowest BCUT2D eigenvalue weighted by atomic mass is 9.88. The Balaban J connectivity index is 1.36. The number of benzene rings is 1. The minimum absolute atomic E-state index is 0.386. The van der Waals surface area contributed by atoms with Gasteiger partial charge in [-0.2, -0.15) is 5.10 Å². The van der Waals surface area contributed by atoms with Gasteiger partial charge in [0, 0.05) is 24.0 Å². The van der Waals surface area contributed by atoms with Crippen LogP contribution in [0.15, 0.2) is 60.6 Å². The Morgan fingerprint density at radius 2 is 1.97 bits per heavy atom. The first-order chi connectivity index (χ1) is 15.2.